The van der Waals surface area contributed by atoms with Crippen LogP contribution in [0.2, 0.25) is 0 Å². The van der Waals surface area contributed by atoms with Crippen molar-refractivity contribution >= 4 is 48.8 Å². The first-order chi connectivity index (χ1) is 10.4. The molecule has 0 radical (unpaired) electrons. The molecule has 0 aliphatic rings. The second-order valence-electron chi connectivity index (χ2n) is 4.66. The van der Waals surface area contributed by atoms with E-state index in [2.05, 4.69) is 10.3 Å². The molecule has 1 aromatic carbocycles. The van der Waals surface area contributed by atoms with Gasteiger partial charge in [0.15, 0.2) is 5.96 Å². The number of aliphatic imine (C=N–C) groups is 1. The molecule has 0 spiro atoms. The van der Waals surface area contributed by atoms with Crippen LogP contribution in [0.3, 0.4) is 0 Å². The van der Waals surface area contributed by atoms with Crippen LogP contribution < -0.4 is 22.5 Å². The van der Waals surface area contributed by atoms with E-state index in [-0.39, 0.29) is 42.5 Å². The number of guanidine groups is 1. The molecule has 0 aromatic heterocycles. The Morgan fingerprint density at radius 2 is 1.71 bits per heavy atom. The molecule has 0 unspecified atom stereocenters. The first-order valence-electron chi connectivity index (χ1n) is 6.70. The lowest BCUT2D eigenvalue weighted by Gasteiger charge is -2.12. The first kappa shape index (κ1) is 23.9. The monoisotopic (exact) mass is 376 g/mol. The third-order valence-electron chi connectivity index (χ3n) is 2.91. The van der Waals surface area contributed by atoms with Crippen molar-refractivity contribution in [1.82, 2.24) is 5.32 Å². The lowest BCUT2D eigenvalue weighted by atomic mass is 10.1. The van der Waals surface area contributed by atoms with Crippen molar-refractivity contribution < 1.29 is 9.59 Å². The second-order valence-corrected chi connectivity index (χ2v) is 4.66. The Hall–Kier alpha value is -2.32. The van der Waals surface area contributed by atoms with Gasteiger partial charge < -0.3 is 27.3 Å². The molecule has 0 heterocycles. The van der Waals surface area contributed by atoms with Crippen LogP contribution in [0.4, 0.5) is 0 Å². The number of amides is 1. The van der Waals surface area contributed by atoms with Gasteiger partial charge in [-0.25, -0.2) is 0 Å². The lowest BCUT2D eigenvalue weighted by molar-refractivity contribution is -0.109. The minimum atomic E-state index is -0.603. The molecular formula is C14H22Cl2N6O2. The smallest absolute Gasteiger partial charge is 0.251 e. The molecule has 8 N–H and O–H groups in total. The minimum Gasteiger partial charge on any atom is -0.384 e. The van der Waals surface area contributed by atoms with Crippen LogP contribution in [-0.2, 0) is 4.79 Å². The molecule has 0 bridgehead atoms. The van der Waals surface area contributed by atoms with Crippen LogP contribution in [0.5, 0.6) is 0 Å². The van der Waals surface area contributed by atoms with Crippen LogP contribution in [0, 0.1) is 5.41 Å². The van der Waals surface area contributed by atoms with E-state index in [1.807, 2.05) is 0 Å². The quantitative estimate of drug-likeness (QED) is 0.189. The van der Waals surface area contributed by atoms with Crippen molar-refractivity contribution in [2.75, 3.05) is 6.54 Å². The van der Waals surface area contributed by atoms with Gasteiger partial charge >= 0.3 is 0 Å². The summed E-state index contributed by atoms with van der Waals surface area (Å²) in [5.41, 5.74) is 16.7. The van der Waals surface area contributed by atoms with Crippen molar-refractivity contribution in [1.29, 1.82) is 5.41 Å². The zero-order valence-corrected chi connectivity index (χ0v) is 14.5. The maximum Gasteiger partial charge on any atom is 0.251 e. The molecule has 1 amide bonds. The molecular weight excluding hydrogens is 355 g/mol. The highest BCUT2D eigenvalue weighted by Crippen LogP contribution is 2.05. The fourth-order valence-corrected chi connectivity index (χ4v) is 1.75. The van der Waals surface area contributed by atoms with Crippen molar-refractivity contribution in [3.8, 4) is 0 Å². The van der Waals surface area contributed by atoms with Gasteiger partial charge in [0.25, 0.3) is 5.91 Å². The molecule has 8 nitrogen and oxygen atoms in total. The highest BCUT2D eigenvalue weighted by atomic mass is 35.5. The number of halogens is 2. The zero-order chi connectivity index (χ0) is 16.5. The molecule has 0 aliphatic heterocycles. The summed E-state index contributed by atoms with van der Waals surface area (Å²) in [5.74, 6) is -0.441. The number of benzene rings is 1. The van der Waals surface area contributed by atoms with Crippen LogP contribution in [0.25, 0.3) is 0 Å². The van der Waals surface area contributed by atoms with Crippen molar-refractivity contribution in [3.63, 3.8) is 0 Å². The standard InChI is InChI=1S/C14H20N6O2.2ClH/c15-12(16)9-3-5-10(6-4-9)13(22)20-11(8-21)2-1-7-19-14(17)18;;/h3-6,8,11H,1-2,7H2,(H3,15,16)(H,20,22)(H4,17,18,19);2*1H/t11-;;/m0../s1. The van der Waals surface area contributed by atoms with Gasteiger partial charge in [-0.05, 0) is 25.0 Å². The molecule has 134 valence electrons. The van der Waals surface area contributed by atoms with Gasteiger partial charge in [-0.3, -0.25) is 15.2 Å². The maximum absolute atomic E-state index is 12.0. The largest absolute Gasteiger partial charge is 0.384 e. The third kappa shape index (κ3) is 8.35. The third-order valence-corrected chi connectivity index (χ3v) is 2.91. The highest BCUT2D eigenvalue weighted by Gasteiger charge is 2.12. The number of carbonyl (C=O) groups excluding carboxylic acids is 2. The Balaban J connectivity index is 0. The minimum absolute atomic E-state index is 0. The van der Waals surface area contributed by atoms with Gasteiger partial charge in [-0.1, -0.05) is 12.1 Å². The van der Waals surface area contributed by atoms with E-state index in [0.717, 1.165) is 0 Å². The SMILES string of the molecule is Cl.Cl.N=C(N)c1ccc(C(=O)N[C@H](C=O)CCCN=C(N)N)cc1. The molecule has 0 fully saturated rings. The number of rotatable bonds is 8. The van der Waals surface area contributed by atoms with Crippen LogP contribution in [0.15, 0.2) is 29.3 Å². The molecule has 1 rings (SSSR count). The van der Waals surface area contributed by atoms with Crippen molar-refractivity contribution in [3.05, 3.63) is 35.4 Å². The fraction of sp³-hybridized carbons (Fsp3) is 0.286. The number of nitrogens with zero attached hydrogens (tertiary/aromatic N) is 1. The van der Waals surface area contributed by atoms with E-state index in [4.69, 9.17) is 22.6 Å². The Labute approximate surface area is 152 Å². The Bertz CT molecular complexity index is 573. The Morgan fingerprint density at radius 3 is 2.17 bits per heavy atom. The van der Waals surface area contributed by atoms with Crippen molar-refractivity contribution in [2.45, 2.75) is 18.9 Å². The van der Waals surface area contributed by atoms with Gasteiger partial charge in [-0.2, -0.15) is 0 Å². The van der Waals surface area contributed by atoms with Gasteiger partial charge in [0.2, 0.25) is 0 Å². The van der Waals surface area contributed by atoms with Crippen LogP contribution in [-0.4, -0.2) is 36.6 Å². The van der Waals surface area contributed by atoms with Gasteiger partial charge in [0.05, 0.1) is 6.04 Å². The maximum atomic E-state index is 12.0. The molecule has 0 saturated carbocycles. The van der Waals surface area contributed by atoms with Gasteiger partial charge in [0.1, 0.15) is 12.1 Å². The second kappa shape index (κ2) is 12.1. The summed E-state index contributed by atoms with van der Waals surface area (Å²) in [4.78, 5) is 26.8. The predicted molar refractivity (Wildman–Crippen MR) is 99.2 cm³/mol. The van der Waals surface area contributed by atoms with E-state index < -0.39 is 6.04 Å². The van der Waals surface area contributed by atoms with E-state index in [1.54, 1.807) is 24.3 Å². The predicted octanol–water partition coefficient (Wildman–Crippen LogP) is 0.165. The molecule has 10 heteroatoms. The summed E-state index contributed by atoms with van der Waals surface area (Å²) < 4.78 is 0. The summed E-state index contributed by atoms with van der Waals surface area (Å²) in [6.45, 7) is 0.399. The van der Waals surface area contributed by atoms with E-state index >= 15 is 0 Å². The van der Waals surface area contributed by atoms with Crippen molar-refractivity contribution in [2.24, 2.45) is 22.2 Å². The van der Waals surface area contributed by atoms with E-state index in [9.17, 15) is 9.59 Å². The summed E-state index contributed by atoms with van der Waals surface area (Å²) in [7, 11) is 0. The summed E-state index contributed by atoms with van der Waals surface area (Å²) in [6.07, 6.45) is 1.69. The number of hydrogen-bond acceptors (Lipinski definition) is 4. The topological polar surface area (TPSA) is 160 Å². The number of nitrogens with one attached hydrogen (secondary N) is 2. The molecule has 0 saturated heterocycles. The van der Waals surface area contributed by atoms with E-state index in [1.165, 1.54) is 0 Å². The number of nitrogen functional groups attached to an aromatic ring is 1. The number of aldehydes is 1. The molecule has 1 atom stereocenters. The number of hydrogen-bond donors (Lipinski definition) is 5. The normalized spacial score (nSPS) is 10.3. The molecule has 1 aromatic rings. The Kier molecular flexibility index (Phi) is 12.1. The average molecular weight is 377 g/mol. The number of nitrogens with two attached hydrogens (primary N) is 3. The van der Waals surface area contributed by atoms with E-state index in [0.29, 0.717) is 36.8 Å². The summed E-state index contributed by atoms with van der Waals surface area (Å²) in [5, 5.41) is 9.90. The zero-order valence-electron chi connectivity index (χ0n) is 12.9. The molecule has 24 heavy (non-hydrogen) atoms. The average Bonchev–Trinajstić information content (AvgIpc) is 2.49. The van der Waals surface area contributed by atoms with Crippen LogP contribution >= 0.6 is 24.8 Å². The number of carbonyl (C=O) groups is 2. The number of amidine groups is 1. The lowest BCUT2D eigenvalue weighted by Crippen LogP contribution is -2.36. The van der Waals surface area contributed by atoms with Gasteiger partial charge in [-0.15, -0.1) is 24.8 Å². The Morgan fingerprint density at radius 1 is 1.17 bits per heavy atom. The first-order valence-corrected chi connectivity index (χ1v) is 6.70. The summed E-state index contributed by atoms with van der Waals surface area (Å²) >= 11 is 0. The fourth-order valence-electron chi connectivity index (χ4n) is 1.75. The summed E-state index contributed by atoms with van der Waals surface area (Å²) in [6, 6.07) is 5.65. The highest BCUT2D eigenvalue weighted by molar-refractivity contribution is 5.98. The van der Waals surface area contributed by atoms with Gasteiger partial charge in [0, 0.05) is 17.7 Å². The van der Waals surface area contributed by atoms with Crippen LogP contribution in [0.1, 0.15) is 28.8 Å². The molecule has 0 aliphatic carbocycles.